The Balaban J connectivity index is 2.11. The molecule has 4 heteroatoms. The van der Waals surface area contributed by atoms with Crippen LogP contribution in [0.4, 0.5) is 5.82 Å². The van der Waals surface area contributed by atoms with Gasteiger partial charge in [0.1, 0.15) is 5.82 Å². The maximum Gasteiger partial charge on any atom is 0.131 e. The summed E-state index contributed by atoms with van der Waals surface area (Å²) < 4.78 is 0. The fourth-order valence-electron chi connectivity index (χ4n) is 3.06. The highest BCUT2D eigenvalue weighted by Crippen LogP contribution is 2.27. The number of anilines is 1. The van der Waals surface area contributed by atoms with Crippen molar-refractivity contribution in [1.29, 1.82) is 0 Å². The van der Waals surface area contributed by atoms with Crippen molar-refractivity contribution in [2.24, 2.45) is 0 Å². The van der Waals surface area contributed by atoms with Crippen LogP contribution in [0.25, 0.3) is 0 Å². The van der Waals surface area contributed by atoms with Crippen molar-refractivity contribution >= 4 is 5.82 Å². The topological polar surface area (TPSA) is 48.4 Å². The summed E-state index contributed by atoms with van der Waals surface area (Å²) in [5, 5.41) is 13.5. The van der Waals surface area contributed by atoms with Crippen LogP contribution in [-0.4, -0.2) is 35.8 Å². The third kappa shape index (κ3) is 3.49. The van der Waals surface area contributed by atoms with E-state index in [9.17, 15) is 5.11 Å². The molecule has 1 aliphatic rings. The van der Waals surface area contributed by atoms with E-state index in [0.717, 1.165) is 38.2 Å². The minimum absolute atomic E-state index is 0.203. The predicted molar refractivity (Wildman–Crippen MR) is 83.0 cm³/mol. The highest BCUT2D eigenvalue weighted by atomic mass is 16.3. The molecule has 0 aliphatic heterocycles. The molecule has 2 rings (SSSR count). The van der Waals surface area contributed by atoms with Crippen LogP contribution in [0, 0.1) is 6.92 Å². The van der Waals surface area contributed by atoms with Gasteiger partial charge in [0.2, 0.25) is 0 Å². The zero-order valence-corrected chi connectivity index (χ0v) is 12.9. The number of aryl methyl sites for hydroxylation is 1. The van der Waals surface area contributed by atoms with Crippen molar-refractivity contribution in [3.05, 3.63) is 23.4 Å². The summed E-state index contributed by atoms with van der Waals surface area (Å²) >= 11 is 0. The molecule has 1 aromatic heterocycles. The zero-order valence-electron chi connectivity index (χ0n) is 12.9. The summed E-state index contributed by atoms with van der Waals surface area (Å²) in [4.78, 5) is 6.78. The number of hydrogen-bond donors (Lipinski definition) is 2. The second-order valence-electron chi connectivity index (χ2n) is 5.79. The summed E-state index contributed by atoms with van der Waals surface area (Å²) in [6, 6.07) is 2.39. The van der Waals surface area contributed by atoms with Gasteiger partial charge in [-0.15, -0.1) is 0 Å². The van der Waals surface area contributed by atoms with Crippen LogP contribution in [0.15, 0.2) is 12.3 Å². The molecule has 1 heterocycles. The molecule has 0 saturated heterocycles. The Morgan fingerprint density at radius 1 is 1.40 bits per heavy atom. The number of nitrogens with one attached hydrogen (secondary N) is 1. The normalized spacial score (nSPS) is 22.8. The highest BCUT2D eigenvalue weighted by Gasteiger charge is 2.27. The van der Waals surface area contributed by atoms with E-state index in [1.54, 1.807) is 0 Å². The minimum Gasteiger partial charge on any atom is -0.391 e. The number of aromatic nitrogens is 1. The number of pyridine rings is 1. The van der Waals surface area contributed by atoms with Gasteiger partial charge >= 0.3 is 0 Å². The Morgan fingerprint density at radius 2 is 2.15 bits per heavy atom. The fraction of sp³-hybridized carbons (Fsp3) is 0.688. The molecule has 1 fully saturated rings. The SMILES string of the molecule is CCNCc1cnc(N(C)C2CCCCC2O)c(C)c1. The van der Waals surface area contributed by atoms with Gasteiger partial charge in [-0.25, -0.2) is 4.98 Å². The first kappa shape index (κ1) is 15.3. The summed E-state index contributed by atoms with van der Waals surface area (Å²) in [7, 11) is 2.05. The largest absolute Gasteiger partial charge is 0.391 e. The molecule has 0 spiro atoms. The number of nitrogens with zero attached hydrogens (tertiary/aromatic N) is 2. The van der Waals surface area contributed by atoms with Crippen LogP contribution in [0.3, 0.4) is 0 Å². The molecule has 20 heavy (non-hydrogen) atoms. The number of hydrogen-bond acceptors (Lipinski definition) is 4. The lowest BCUT2D eigenvalue weighted by Crippen LogP contribution is -2.44. The predicted octanol–water partition coefficient (Wildman–Crippen LogP) is 2.24. The molecule has 4 nitrogen and oxygen atoms in total. The Labute approximate surface area is 122 Å². The van der Waals surface area contributed by atoms with Gasteiger partial charge in [0, 0.05) is 19.8 Å². The summed E-state index contributed by atoms with van der Waals surface area (Å²) in [6.45, 7) is 6.03. The van der Waals surface area contributed by atoms with Gasteiger partial charge in [0.25, 0.3) is 0 Å². The standard InChI is InChI=1S/C16H27N3O/c1-4-17-10-13-9-12(2)16(18-11-13)19(3)14-7-5-6-8-15(14)20/h9,11,14-15,17,20H,4-8,10H2,1-3H3. The van der Waals surface area contributed by atoms with E-state index in [-0.39, 0.29) is 12.1 Å². The summed E-state index contributed by atoms with van der Waals surface area (Å²) in [5.41, 5.74) is 2.39. The van der Waals surface area contributed by atoms with Crippen LogP contribution in [0.1, 0.15) is 43.7 Å². The van der Waals surface area contributed by atoms with Crippen LogP contribution < -0.4 is 10.2 Å². The molecule has 0 bridgehead atoms. The van der Waals surface area contributed by atoms with Crippen LogP contribution in [0.2, 0.25) is 0 Å². The van der Waals surface area contributed by atoms with E-state index in [4.69, 9.17) is 0 Å². The van der Waals surface area contributed by atoms with E-state index < -0.39 is 0 Å². The fourth-order valence-corrected chi connectivity index (χ4v) is 3.06. The zero-order chi connectivity index (χ0) is 14.5. The first-order valence-electron chi connectivity index (χ1n) is 7.70. The molecule has 1 saturated carbocycles. The van der Waals surface area contributed by atoms with Gasteiger partial charge < -0.3 is 15.3 Å². The first-order chi connectivity index (χ1) is 9.63. The first-order valence-corrected chi connectivity index (χ1v) is 7.70. The second kappa shape index (κ2) is 7.04. The Kier molecular flexibility index (Phi) is 5.38. The van der Waals surface area contributed by atoms with Gasteiger partial charge in [-0.05, 0) is 43.5 Å². The molecule has 2 unspecified atom stereocenters. The number of likely N-dealkylation sites (N-methyl/N-ethyl adjacent to an activating group) is 1. The molecule has 1 aromatic rings. The monoisotopic (exact) mass is 277 g/mol. The second-order valence-corrected chi connectivity index (χ2v) is 5.79. The van der Waals surface area contributed by atoms with E-state index >= 15 is 0 Å². The lowest BCUT2D eigenvalue weighted by atomic mass is 9.91. The summed E-state index contributed by atoms with van der Waals surface area (Å²) in [6.07, 6.45) is 6.01. The van der Waals surface area contributed by atoms with Crippen molar-refractivity contribution in [3.8, 4) is 0 Å². The van der Waals surface area contributed by atoms with E-state index in [2.05, 4.69) is 42.2 Å². The molecular weight excluding hydrogens is 250 g/mol. The van der Waals surface area contributed by atoms with E-state index in [1.165, 1.54) is 17.5 Å². The molecule has 0 amide bonds. The minimum atomic E-state index is -0.226. The molecular formula is C16H27N3O. The highest BCUT2D eigenvalue weighted by molar-refractivity contribution is 5.48. The molecule has 2 atom stereocenters. The van der Waals surface area contributed by atoms with Gasteiger partial charge in [0.15, 0.2) is 0 Å². The van der Waals surface area contributed by atoms with Gasteiger partial charge in [-0.3, -0.25) is 0 Å². The Bertz CT molecular complexity index is 436. The molecule has 0 aromatic carbocycles. The van der Waals surface area contributed by atoms with Crippen molar-refractivity contribution in [3.63, 3.8) is 0 Å². The average Bonchev–Trinajstić information content (AvgIpc) is 2.45. The van der Waals surface area contributed by atoms with Crippen LogP contribution in [0.5, 0.6) is 0 Å². The van der Waals surface area contributed by atoms with Gasteiger partial charge in [-0.1, -0.05) is 19.8 Å². The van der Waals surface area contributed by atoms with Crippen LogP contribution >= 0.6 is 0 Å². The maximum absolute atomic E-state index is 10.2. The third-order valence-electron chi connectivity index (χ3n) is 4.21. The van der Waals surface area contributed by atoms with Gasteiger partial charge in [0.05, 0.1) is 12.1 Å². The quantitative estimate of drug-likeness (QED) is 0.866. The van der Waals surface area contributed by atoms with Crippen molar-refractivity contribution in [1.82, 2.24) is 10.3 Å². The van der Waals surface area contributed by atoms with Crippen molar-refractivity contribution < 1.29 is 5.11 Å². The molecule has 0 radical (unpaired) electrons. The Hall–Kier alpha value is -1.13. The molecule has 112 valence electrons. The molecule has 1 aliphatic carbocycles. The lowest BCUT2D eigenvalue weighted by Gasteiger charge is -2.36. The number of aliphatic hydroxyl groups excluding tert-OH is 1. The molecule has 2 N–H and O–H groups in total. The van der Waals surface area contributed by atoms with E-state index in [0.29, 0.717) is 0 Å². The smallest absolute Gasteiger partial charge is 0.131 e. The van der Waals surface area contributed by atoms with Crippen molar-refractivity contribution in [2.45, 2.75) is 58.2 Å². The average molecular weight is 277 g/mol. The lowest BCUT2D eigenvalue weighted by molar-refractivity contribution is 0.106. The van der Waals surface area contributed by atoms with Crippen molar-refractivity contribution in [2.75, 3.05) is 18.5 Å². The number of rotatable bonds is 5. The van der Waals surface area contributed by atoms with Crippen LogP contribution in [-0.2, 0) is 6.54 Å². The van der Waals surface area contributed by atoms with Gasteiger partial charge in [-0.2, -0.15) is 0 Å². The third-order valence-corrected chi connectivity index (χ3v) is 4.21. The summed E-state index contributed by atoms with van der Waals surface area (Å²) in [5.74, 6) is 0.996. The number of aliphatic hydroxyl groups is 1. The van der Waals surface area contributed by atoms with E-state index in [1.807, 2.05) is 6.20 Å². The Morgan fingerprint density at radius 3 is 2.80 bits per heavy atom. The maximum atomic E-state index is 10.2.